The maximum Gasteiger partial charge on any atom is 0.283 e. The van der Waals surface area contributed by atoms with E-state index in [1.807, 2.05) is 19.0 Å². The molecular formula is C13H23BrN4O2S. The number of hydrogen-bond donors (Lipinski definition) is 2. The van der Waals surface area contributed by atoms with Crippen LogP contribution in [-0.4, -0.2) is 65.1 Å². The average molecular weight is 379 g/mol. The van der Waals surface area contributed by atoms with Gasteiger partial charge in [-0.1, -0.05) is 0 Å². The number of nitrogens with one attached hydrogen (secondary N) is 1. The summed E-state index contributed by atoms with van der Waals surface area (Å²) in [6.45, 7) is 2.34. The van der Waals surface area contributed by atoms with Crippen molar-refractivity contribution in [3.8, 4) is 0 Å². The van der Waals surface area contributed by atoms with Crippen molar-refractivity contribution < 1.29 is 5.11 Å². The fourth-order valence-corrected chi connectivity index (χ4v) is 2.80. The number of rotatable bonds is 10. The van der Waals surface area contributed by atoms with Crippen molar-refractivity contribution in [1.82, 2.24) is 14.7 Å². The van der Waals surface area contributed by atoms with Crippen LogP contribution in [0.2, 0.25) is 0 Å². The first-order chi connectivity index (χ1) is 10.1. The van der Waals surface area contributed by atoms with Crippen LogP contribution >= 0.6 is 27.7 Å². The van der Waals surface area contributed by atoms with Crippen LogP contribution in [-0.2, 0) is 6.54 Å². The molecule has 0 aliphatic carbocycles. The van der Waals surface area contributed by atoms with Gasteiger partial charge in [0.1, 0.15) is 4.47 Å². The molecule has 0 amide bonds. The van der Waals surface area contributed by atoms with E-state index in [0.717, 1.165) is 36.7 Å². The summed E-state index contributed by atoms with van der Waals surface area (Å²) in [6.07, 6.45) is 2.50. The number of halogens is 1. The molecule has 1 heterocycles. The van der Waals surface area contributed by atoms with Crippen LogP contribution in [0, 0.1) is 0 Å². The van der Waals surface area contributed by atoms with Gasteiger partial charge in [0.25, 0.3) is 5.56 Å². The summed E-state index contributed by atoms with van der Waals surface area (Å²) >= 11 is 5.12. The van der Waals surface area contributed by atoms with Crippen LogP contribution in [0.3, 0.4) is 0 Å². The lowest BCUT2D eigenvalue weighted by Crippen LogP contribution is -2.29. The maximum atomic E-state index is 12.1. The van der Waals surface area contributed by atoms with Gasteiger partial charge in [0, 0.05) is 25.4 Å². The van der Waals surface area contributed by atoms with Gasteiger partial charge in [0.15, 0.2) is 0 Å². The Hall–Kier alpha value is -0.570. The monoisotopic (exact) mass is 378 g/mol. The van der Waals surface area contributed by atoms with Crippen LogP contribution in [0.25, 0.3) is 0 Å². The minimum absolute atomic E-state index is 0.116. The summed E-state index contributed by atoms with van der Waals surface area (Å²) in [4.78, 5) is 14.1. The number of aromatic nitrogens is 2. The molecule has 21 heavy (non-hydrogen) atoms. The Labute approximate surface area is 138 Å². The van der Waals surface area contributed by atoms with Crippen molar-refractivity contribution in [3.05, 3.63) is 21.0 Å². The van der Waals surface area contributed by atoms with E-state index in [0.29, 0.717) is 11.0 Å². The summed E-state index contributed by atoms with van der Waals surface area (Å²) in [5, 5.41) is 16.1. The molecule has 8 heteroatoms. The smallest absolute Gasteiger partial charge is 0.283 e. The summed E-state index contributed by atoms with van der Waals surface area (Å²) in [5.74, 6) is 1.87. The quantitative estimate of drug-likeness (QED) is 0.594. The minimum Gasteiger partial charge on any atom is -0.396 e. The molecule has 1 rings (SSSR count). The third-order valence-corrected chi connectivity index (χ3v) is 4.59. The highest BCUT2D eigenvalue weighted by Crippen LogP contribution is 2.16. The van der Waals surface area contributed by atoms with E-state index in [2.05, 4.69) is 26.3 Å². The number of nitrogens with zero attached hydrogens (tertiary/aromatic N) is 3. The molecule has 6 nitrogen and oxygen atoms in total. The van der Waals surface area contributed by atoms with E-state index in [1.165, 1.54) is 4.68 Å². The van der Waals surface area contributed by atoms with Crippen molar-refractivity contribution in [3.63, 3.8) is 0 Å². The average Bonchev–Trinajstić information content (AvgIpc) is 2.45. The van der Waals surface area contributed by atoms with Gasteiger partial charge >= 0.3 is 0 Å². The highest BCUT2D eigenvalue weighted by molar-refractivity contribution is 9.10. The van der Waals surface area contributed by atoms with Crippen LogP contribution < -0.4 is 10.9 Å². The Morgan fingerprint density at radius 3 is 2.90 bits per heavy atom. The lowest BCUT2D eigenvalue weighted by molar-refractivity contribution is 0.296. The van der Waals surface area contributed by atoms with Crippen LogP contribution in [0.1, 0.15) is 6.42 Å². The molecule has 0 unspecified atom stereocenters. The summed E-state index contributed by atoms with van der Waals surface area (Å²) < 4.78 is 1.99. The predicted molar refractivity (Wildman–Crippen MR) is 92.3 cm³/mol. The van der Waals surface area contributed by atoms with Crippen molar-refractivity contribution in [1.29, 1.82) is 0 Å². The Kier molecular flexibility index (Phi) is 8.98. The first kappa shape index (κ1) is 18.5. The number of thioether (sulfide) groups is 1. The predicted octanol–water partition coefficient (Wildman–Crippen LogP) is 1.09. The van der Waals surface area contributed by atoms with Crippen LogP contribution in [0.5, 0.6) is 0 Å². The molecular weight excluding hydrogens is 356 g/mol. The standard InChI is InChI=1S/C13H23BrN4O2S/c1-17(2)5-6-18-13(20)12(14)11(10-16-18)15-4-9-21-8-3-7-19/h10,15,19H,3-9H2,1-2H3. The number of hydrogen-bond acceptors (Lipinski definition) is 6. The molecule has 0 atom stereocenters. The zero-order chi connectivity index (χ0) is 15.7. The summed E-state index contributed by atoms with van der Waals surface area (Å²) in [7, 11) is 3.93. The molecule has 0 bridgehead atoms. The normalized spacial score (nSPS) is 11.1. The second kappa shape index (κ2) is 10.2. The van der Waals surface area contributed by atoms with E-state index in [-0.39, 0.29) is 12.2 Å². The fourth-order valence-electron chi connectivity index (χ4n) is 1.57. The molecule has 0 aliphatic heterocycles. The molecule has 1 aromatic rings. The largest absolute Gasteiger partial charge is 0.396 e. The molecule has 0 aromatic carbocycles. The second-order valence-corrected chi connectivity index (χ2v) is 6.84. The van der Waals surface area contributed by atoms with E-state index in [1.54, 1.807) is 18.0 Å². The number of aliphatic hydroxyl groups excluding tert-OH is 1. The number of anilines is 1. The second-order valence-electron chi connectivity index (χ2n) is 4.82. The van der Waals surface area contributed by atoms with Crippen molar-refractivity contribution in [2.75, 3.05) is 50.6 Å². The first-order valence-electron chi connectivity index (χ1n) is 6.89. The molecule has 2 N–H and O–H groups in total. The Morgan fingerprint density at radius 1 is 1.48 bits per heavy atom. The van der Waals surface area contributed by atoms with Crippen molar-refractivity contribution >= 4 is 33.4 Å². The van der Waals surface area contributed by atoms with Crippen molar-refractivity contribution in [2.45, 2.75) is 13.0 Å². The topological polar surface area (TPSA) is 70.4 Å². The fraction of sp³-hybridized carbons (Fsp3) is 0.692. The zero-order valence-corrected chi connectivity index (χ0v) is 14.9. The van der Waals surface area contributed by atoms with Crippen LogP contribution in [0.4, 0.5) is 5.69 Å². The molecule has 0 spiro atoms. The maximum absolute atomic E-state index is 12.1. The lowest BCUT2D eigenvalue weighted by Gasteiger charge is -2.12. The molecule has 0 saturated carbocycles. The number of aliphatic hydroxyl groups is 1. The van der Waals surface area contributed by atoms with E-state index >= 15 is 0 Å². The SMILES string of the molecule is CN(C)CCn1ncc(NCCSCCCO)c(Br)c1=O. The molecule has 1 aromatic heterocycles. The Bertz CT molecular complexity index is 482. The van der Waals surface area contributed by atoms with Crippen molar-refractivity contribution in [2.24, 2.45) is 0 Å². The van der Waals surface area contributed by atoms with E-state index in [4.69, 9.17) is 5.11 Å². The highest BCUT2D eigenvalue weighted by atomic mass is 79.9. The van der Waals surface area contributed by atoms with Gasteiger partial charge in [-0.05, 0) is 42.2 Å². The van der Waals surface area contributed by atoms with Gasteiger partial charge in [-0.15, -0.1) is 0 Å². The Balaban J connectivity index is 2.49. The minimum atomic E-state index is -0.116. The Morgan fingerprint density at radius 2 is 2.24 bits per heavy atom. The summed E-state index contributed by atoms with van der Waals surface area (Å²) in [5.41, 5.74) is 0.610. The van der Waals surface area contributed by atoms with Gasteiger partial charge in [0.05, 0.1) is 18.4 Å². The van der Waals surface area contributed by atoms with Gasteiger partial charge in [0.2, 0.25) is 0 Å². The zero-order valence-electron chi connectivity index (χ0n) is 12.5. The highest BCUT2D eigenvalue weighted by Gasteiger charge is 2.08. The van der Waals surface area contributed by atoms with Crippen LogP contribution in [0.15, 0.2) is 15.5 Å². The van der Waals surface area contributed by atoms with Gasteiger partial charge in [-0.3, -0.25) is 4.79 Å². The van der Waals surface area contributed by atoms with Gasteiger partial charge in [-0.25, -0.2) is 4.68 Å². The first-order valence-corrected chi connectivity index (χ1v) is 8.84. The molecule has 0 aliphatic rings. The third kappa shape index (κ3) is 6.82. The third-order valence-electron chi connectivity index (χ3n) is 2.75. The summed E-state index contributed by atoms with van der Waals surface area (Å²) in [6, 6.07) is 0. The van der Waals surface area contributed by atoms with Gasteiger partial charge in [-0.2, -0.15) is 16.9 Å². The molecule has 0 radical (unpaired) electrons. The molecule has 120 valence electrons. The lowest BCUT2D eigenvalue weighted by atomic mass is 10.4. The van der Waals surface area contributed by atoms with E-state index < -0.39 is 0 Å². The van der Waals surface area contributed by atoms with E-state index in [9.17, 15) is 4.79 Å². The molecule has 0 fully saturated rings. The van der Waals surface area contributed by atoms with Gasteiger partial charge < -0.3 is 15.3 Å². The molecule has 0 saturated heterocycles. The number of likely N-dealkylation sites (N-methyl/N-ethyl adjacent to an activating group) is 1.